The number of carboxylic acid groups (broad SMARTS) is 1. The van der Waals surface area contributed by atoms with Crippen LogP contribution in [0.4, 0.5) is 8.78 Å². The summed E-state index contributed by atoms with van der Waals surface area (Å²) in [6.45, 7) is 0. The number of halogens is 2. The van der Waals surface area contributed by atoms with E-state index in [9.17, 15) is 13.6 Å². The third kappa shape index (κ3) is 1.55. The van der Waals surface area contributed by atoms with Gasteiger partial charge in [0.25, 0.3) is 0 Å². The molecule has 0 spiro atoms. The predicted octanol–water partition coefficient (Wildman–Crippen LogP) is 1.95. The minimum atomic E-state index is -1.37. The van der Waals surface area contributed by atoms with Gasteiger partial charge in [-0.25, -0.2) is 13.6 Å². The average molecular weight is 190 g/mol. The molecule has 0 unspecified atom stereocenters. The molecule has 1 rings (SSSR count). The van der Waals surface area contributed by atoms with Crippen molar-refractivity contribution < 1.29 is 18.7 Å². The van der Waals surface area contributed by atoms with Crippen LogP contribution in [0, 0.1) is 11.6 Å². The lowest BCUT2D eigenvalue weighted by atomic mass is 10.2. The van der Waals surface area contributed by atoms with Gasteiger partial charge in [-0.05, 0) is 12.1 Å². The smallest absolute Gasteiger partial charge is 0.335 e. The molecule has 2 nitrogen and oxygen atoms in total. The Morgan fingerprint density at radius 1 is 1.33 bits per heavy atom. The van der Waals surface area contributed by atoms with Gasteiger partial charge in [-0.1, -0.05) is 0 Å². The van der Waals surface area contributed by atoms with E-state index in [1.807, 2.05) is 0 Å². The minimum Gasteiger partial charge on any atom is -0.478 e. The second-order valence-corrected chi connectivity index (χ2v) is 2.54. The standard InChI is InChI=1S/C7H4F2O2S/c8-4-1-3(7(10)11)2-5(9)6(4)12/h1-2,12H,(H,10,11). The Labute approximate surface area is 72.2 Å². The summed E-state index contributed by atoms with van der Waals surface area (Å²) in [4.78, 5) is 9.79. The minimum absolute atomic E-state index is 0.428. The highest BCUT2D eigenvalue weighted by molar-refractivity contribution is 7.80. The second-order valence-electron chi connectivity index (χ2n) is 2.09. The van der Waals surface area contributed by atoms with Gasteiger partial charge in [0.1, 0.15) is 11.6 Å². The van der Waals surface area contributed by atoms with Gasteiger partial charge in [0.05, 0.1) is 10.5 Å². The molecule has 1 aromatic carbocycles. The lowest BCUT2D eigenvalue weighted by Gasteiger charge is -1.99. The molecule has 12 heavy (non-hydrogen) atoms. The normalized spacial score (nSPS) is 9.92. The maximum Gasteiger partial charge on any atom is 0.335 e. The molecule has 5 heteroatoms. The quantitative estimate of drug-likeness (QED) is 0.664. The first-order chi connectivity index (χ1) is 5.52. The zero-order valence-electron chi connectivity index (χ0n) is 5.71. The van der Waals surface area contributed by atoms with E-state index in [4.69, 9.17) is 5.11 Å². The second kappa shape index (κ2) is 3.10. The highest BCUT2D eigenvalue weighted by Gasteiger charge is 2.11. The van der Waals surface area contributed by atoms with Crippen LogP contribution < -0.4 is 0 Å². The molecule has 1 N–H and O–H groups in total. The van der Waals surface area contributed by atoms with Crippen LogP contribution in [0.3, 0.4) is 0 Å². The van der Waals surface area contributed by atoms with Crippen molar-refractivity contribution >= 4 is 18.6 Å². The number of rotatable bonds is 1. The van der Waals surface area contributed by atoms with Crippen molar-refractivity contribution in [3.63, 3.8) is 0 Å². The number of thiol groups is 1. The number of carboxylic acids is 1. The maximum absolute atomic E-state index is 12.6. The van der Waals surface area contributed by atoms with E-state index >= 15 is 0 Å². The number of benzene rings is 1. The number of hydrogen-bond acceptors (Lipinski definition) is 2. The molecule has 0 atom stereocenters. The van der Waals surface area contributed by atoms with Crippen LogP contribution in [0.15, 0.2) is 17.0 Å². The lowest BCUT2D eigenvalue weighted by Crippen LogP contribution is -1.99. The van der Waals surface area contributed by atoms with Gasteiger partial charge in [0.15, 0.2) is 0 Å². The van der Waals surface area contributed by atoms with Gasteiger partial charge in [-0.15, -0.1) is 12.6 Å². The zero-order valence-corrected chi connectivity index (χ0v) is 6.61. The van der Waals surface area contributed by atoms with Crippen LogP contribution in [0.5, 0.6) is 0 Å². The van der Waals surface area contributed by atoms with Gasteiger partial charge in [0, 0.05) is 0 Å². The van der Waals surface area contributed by atoms with E-state index in [0.717, 1.165) is 0 Å². The number of hydrogen-bond donors (Lipinski definition) is 2. The molecule has 64 valence electrons. The van der Waals surface area contributed by atoms with Crippen molar-refractivity contribution in [2.75, 3.05) is 0 Å². The fourth-order valence-corrected chi connectivity index (χ4v) is 0.818. The fraction of sp³-hybridized carbons (Fsp3) is 0. The maximum atomic E-state index is 12.6. The third-order valence-electron chi connectivity index (χ3n) is 1.26. The zero-order chi connectivity index (χ0) is 9.30. The van der Waals surface area contributed by atoms with Crippen LogP contribution in [0.1, 0.15) is 10.4 Å². The SMILES string of the molecule is O=C(O)c1cc(F)c(S)c(F)c1. The summed E-state index contributed by atoms with van der Waals surface area (Å²) < 4.78 is 25.2. The van der Waals surface area contributed by atoms with Gasteiger partial charge < -0.3 is 5.11 Å². The van der Waals surface area contributed by atoms with E-state index < -0.39 is 28.1 Å². The molecule has 0 saturated carbocycles. The summed E-state index contributed by atoms with van der Waals surface area (Å²) >= 11 is 3.48. The monoisotopic (exact) mass is 190 g/mol. The Bertz CT molecular complexity index is 315. The summed E-state index contributed by atoms with van der Waals surface area (Å²) in [5.74, 6) is -3.33. The number of aromatic carboxylic acids is 1. The van der Waals surface area contributed by atoms with E-state index in [1.165, 1.54) is 0 Å². The van der Waals surface area contributed by atoms with Crippen LogP contribution in [-0.4, -0.2) is 11.1 Å². The highest BCUT2D eigenvalue weighted by Crippen LogP contribution is 2.18. The lowest BCUT2D eigenvalue weighted by molar-refractivity contribution is 0.0695. The van der Waals surface area contributed by atoms with Gasteiger partial charge in [-0.3, -0.25) is 0 Å². The van der Waals surface area contributed by atoms with Crippen LogP contribution in [0.25, 0.3) is 0 Å². The molecule has 0 aliphatic carbocycles. The van der Waals surface area contributed by atoms with Gasteiger partial charge in [-0.2, -0.15) is 0 Å². The Morgan fingerprint density at radius 2 is 1.75 bits per heavy atom. The fourth-order valence-electron chi connectivity index (χ4n) is 0.689. The Morgan fingerprint density at radius 3 is 2.08 bits per heavy atom. The summed E-state index contributed by atoms with van der Waals surface area (Å²) in [7, 11) is 0. The average Bonchev–Trinajstić information content (AvgIpc) is 1.99. The molecule has 0 aromatic heterocycles. The Hall–Kier alpha value is -1.10. The molecule has 1 aromatic rings. The highest BCUT2D eigenvalue weighted by atomic mass is 32.1. The van der Waals surface area contributed by atoms with E-state index in [2.05, 4.69) is 12.6 Å². The summed E-state index contributed by atoms with van der Waals surface area (Å²) in [5.41, 5.74) is -0.428. The van der Waals surface area contributed by atoms with E-state index in [1.54, 1.807) is 0 Å². The molecule has 0 radical (unpaired) electrons. The van der Waals surface area contributed by atoms with Crippen molar-refractivity contribution in [1.29, 1.82) is 0 Å². The van der Waals surface area contributed by atoms with Gasteiger partial charge >= 0.3 is 5.97 Å². The molecule has 0 saturated heterocycles. The largest absolute Gasteiger partial charge is 0.478 e. The van der Waals surface area contributed by atoms with Crippen molar-refractivity contribution in [3.8, 4) is 0 Å². The first kappa shape index (κ1) is 8.99. The molecule has 0 heterocycles. The van der Waals surface area contributed by atoms with Gasteiger partial charge in [0.2, 0.25) is 0 Å². The molecule has 0 fully saturated rings. The topological polar surface area (TPSA) is 37.3 Å². The first-order valence-electron chi connectivity index (χ1n) is 2.93. The molecule has 0 aliphatic rings. The van der Waals surface area contributed by atoms with E-state index in [-0.39, 0.29) is 0 Å². The van der Waals surface area contributed by atoms with Crippen molar-refractivity contribution in [1.82, 2.24) is 0 Å². The van der Waals surface area contributed by atoms with Crippen LogP contribution in [-0.2, 0) is 0 Å². The van der Waals surface area contributed by atoms with Crippen molar-refractivity contribution in [3.05, 3.63) is 29.3 Å². The van der Waals surface area contributed by atoms with E-state index in [0.29, 0.717) is 12.1 Å². The molecular weight excluding hydrogens is 186 g/mol. The Kier molecular flexibility index (Phi) is 2.32. The molecular formula is C7H4F2O2S. The molecule has 0 aliphatic heterocycles. The number of carbonyl (C=O) groups is 1. The molecule has 0 amide bonds. The summed E-state index contributed by atoms with van der Waals surface area (Å²) in [6, 6.07) is 1.43. The van der Waals surface area contributed by atoms with Crippen LogP contribution >= 0.6 is 12.6 Å². The third-order valence-corrected chi connectivity index (χ3v) is 1.69. The molecule has 0 bridgehead atoms. The summed E-state index contributed by atoms with van der Waals surface area (Å²) in [5, 5.41) is 8.37. The first-order valence-corrected chi connectivity index (χ1v) is 3.38. The van der Waals surface area contributed by atoms with Crippen LogP contribution in [0.2, 0.25) is 0 Å². The predicted molar refractivity (Wildman–Crippen MR) is 40.6 cm³/mol. The van der Waals surface area contributed by atoms with Crippen molar-refractivity contribution in [2.24, 2.45) is 0 Å². The Balaban J connectivity index is 3.31. The van der Waals surface area contributed by atoms with Crippen molar-refractivity contribution in [2.45, 2.75) is 4.90 Å². The summed E-state index contributed by atoms with van der Waals surface area (Å²) in [6.07, 6.45) is 0.